The highest BCUT2D eigenvalue weighted by Crippen LogP contribution is 2.26. The number of amides is 2. The van der Waals surface area contributed by atoms with Crippen molar-refractivity contribution >= 4 is 34.5 Å². The van der Waals surface area contributed by atoms with E-state index in [-0.39, 0.29) is 12.5 Å². The van der Waals surface area contributed by atoms with E-state index in [1.165, 1.54) is 7.11 Å². The number of alkyl carbamates (subject to hydrolysis) is 1. The van der Waals surface area contributed by atoms with Gasteiger partial charge in [-0.3, -0.25) is 9.48 Å². The molecule has 0 aliphatic heterocycles. The highest BCUT2D eigenvalue weighted by atomic mass is 35.5. The highest BCUT2D eigenvalue weighted by Gasteiger charge is 2.17. The smallest absolute Gasteiger partial charge is 0.407 e. The molecular formula is C14H17ClN4O3. The third-order valence-electron chi connectivity index (χ3n) is 3.24. The quantitative estimate of drug-likeness (QED) is 0.894. The van der Waals surface area contributed by atoms with Crippen molar-refractivity contribution in [2.75, 3.05) is 7.11 Å². The average Bonchev–Trinajstić information content (AvgIpc) is 2.82. The Kier molecular flexibility index (Phi) is 4.87. The van der Waals surface area contributed by atoms with Crippen molar-refractivity contribution in [3.63, 3.8) is 0 Å². The van der Waals surface area contributed by atoms with Gasteiger partial charge < -0.3 is 15.4 Å². The van der Waals surface area contributed by atoms with Gasteiger partial charge in [-0.25, -0.2) is 4.79 Å². The lowest BCUT2D eigenvalue weighted by Gasteiger charge is -2.12. The molecule has 0 spiro atoms. The fourth-order valence-corrected chi connectivity index (χ4v) is 2.38. The van der Waals surface area contributed by atoms with Crippen LogP contribution in [0.3, 0.4) is 0 Å². The van der Waals surface area contributed by atoms with E-state index >= 15 is 0 Å². The number of aryl methyl sites for hydroxylation is 1. The predicted octanol–water partition coefficient (Wildman–Crippen LogP) is 1.59. The van der Waals surface area contributed by atoms with Crippen molar-refractivity contribution in [3.8, 4) is 0 Å². The third-order valence-corrected chi connectivity index (χ3v) is 3.56. The van der Waals surface area contributed by atoms with Crippen LogP contribution < -0.4 is 10.6 Å². The molecule has 0 unspecified atom stereocenters. The summed E-state index contributed by atoms with van der Waals surface area (Å²) in [5, 5.41) is 10.9. The van der Waals surface area contributed by atoms with Crippen molar-refractivity contribution in [2.45, 2.75) is 19.5 Å². The summed E-state index contributed by atoms with van der Waals surface area (Å²) in [5.41, 5.74) is 1.55. The molecule has 1 atom stereocenters. The van der Waals surface area contributed by atoms with Gasteiger partial charge in [-0.2, -0.15) is 5.10 Å². The van der Waals surface area contributed by atoms with E-state index in [2.05, 4.69) is 20.5 Å². The number of ether oxygens (including phenoxy) is 1. The summed E-state index contributed by atoms with van der Waals surface area (Å²) in [5.74, 6) is -0.337. The Morgan fingerprint density at radius 1 is 1.45 bits per heavy atom. The Balaban J connectivity index is 2.09. The largest absolute Gasteiger partial charge is 0.453 e. The number of hydrogen-bond acceptors (Lipinski definition) is 4. The molecule has 7 nitrogen and oxygen atoms in total. The maximum atomic E-state index is 11.9. The van der Waals surface area contributed by atoms with Gasteiger partial charge in [-0.05, 0) is 19.1 Å². The van der Waals surface area contributed by atoms with Gasteiger partial charge in [0, 0.05) is 12.4 Å². The van der Waals surface area contributed by atoms with Crippen LogP contribution >= 0.6 is 11.6 Å². The molecule has 118 valence electrons. The number of halogens is 1. The van der Waals surface area contributed by atoms with Crippen molar-refractivity contribution in [1.29, 1.82) is 0 Å². The highest BCUT2D eigenvalue weighted by molar-refractivity contribution is 6.35. The van der Waals surface area contributed by atoms with Crippen molar-refractivity contribution in [1.82, 2.24) is 20.4 Å². The lowest BCUT2D eigenvalue weighted by molar-refractivity contribution is -0.122. The summed E-state index contributed by atoms with van der Waals surface area (Å²) in [7, 11) is 3.05. The number of aromatic nitrogens is 2. The molecule has 0 bridgehead atoms. The van der Waals surface area contributed by atoms with Crippen molar-refractivity contribution < 1.29 is 14.3 Å². The predicted molar refractivity (Wildman–Crippen MR) is 82.6 cm³/mol. The SMILES string of the molecule is COC(=O)N[C@H](C)C(=O)NCc1nn(C)c2cccc(Cl)c12. The molecule has 0 saturated heterocycles. The van der Waals surface area contributed by atoms with Gasteiger partial charge in [0.1, 0.15) is 6.04 Å². The van der Waals surface area contributed by atoms with Crippen molar-refractivity contribution in [2.24, 2.45) is 7.05 Å². The molecule has 2 aromatic rings. The molecule has 22 heavy (non-hydrogen) atoms. The van der Waals surface area contributed by atoms with Crippen LogP contribution in [-0.4, -0.2) is 34.9 Å². The van der Waals surface area contributed by atoms with E-state index < -0.39 is 12.1 Å². The molecule has 8 heteroatoms. The molecule has 1 aromatic heterocycles. The summed E-state index contributed by atoms with van der Waals surface area (Å²) in [6, 6.07) is 4.81. The lowest BCUT2D eigenvalue weighted by Crippen LogP contribution is -2.44. The minimum absolute atomic E-state index is 0.215. The molecule has 1 heterocycles. The molecule has 2 rings (SSSR count). The van der Waals surface area contributed by atoms with Gasteiger partial charge >= 0.3 is 6.09 Å². The van der Waals surface area contributed by atoms with E-state index in [1.807, 2.05) is 19.2 Å². The number of carbonyl (C=O) groups is 2. The summed E-state index contributed by atoms with van der Waals surface area (Å²) < 4.78 is 6.15. The van der Waals surface area contributed by atoms with E-state index in [1.54, 1.807) is 17.7 Å². The van der Waals surface area contributed by atoms with Gasteiger partial charge in [-0.15, -0.1) is 0 Å². The number of rotatable bonds is 4. The Bertz CT molecular complexity index is 713. The summed E-state index contributed by atoms with van der Waals surface area (Å²) in [6.07, 6.45) is -0.658. The van der Waals surface area contributed by atoms with Crippen LogP contribution in [0, 0.1) is 0 Å². The summed E-state index contributed by atoms with van der Waals surface area (Å²) >= 11 is 6.20. The molecular weight excluding hydrogens is 308 g/mol. The minimum atomic E-state index is -0.710. The zero-order valence-electron chi connectivity index (χ0n) is 12.5. The van der Waals surface area contributed by atoms with E-state index in [4.69, 9.17) is 11.6 Å². The molecule has 0 saturated carbocycles. The lowest BCUT2D eigenvalue weighted by atomic mass is 10.2. The number of fused-ring (bicyclic) bond motifs is 1. The second-order valence-corrected chi connectivity index (χ2v) is 5.19. The van der Waals surface area contributed by atoms with Crippen LogP contribution in [0.2, 0.25) is 5.02 Å². The fourth-order valence-electron chi connectivity index (χ4n) is 2.10. The molecule has 0 radical (unpaired) electrons. The first-order valence-electron chi connectivity index (χ1n) is 6.66. The van der Waals surface area contributed by atoms with Gasteiger partial charge in [0.05, 0.1) is 29.9 Å². The van der Waals surface area contributed by atoms with Crippen LogP contribution in [0.1, 0.15) is 12.6 Å². The normalized spacial score (nSPS) is 12.0. The first-order chi connectivity index (χ1) is 10.4. The van der Waals surface area contributed by atoms with Crippen LogP contribution in [0.15, 0.2) is 18.2 Å². The van der Waals surface area contributed by atoms with Crippen LogP contribution in [-0.2, 0) is 23.1 Å². The Hall–Kier alpha value is -2.28. The van der Waals surface area contributed by atoms with Gasteiger partial charge in [0.2, 0.25) is 5.91 Å². The third kappa shape index (κ3) is 3.30. The molecule has 2 N–H and O–H groups in total. The number of benzene rings is 1. The number of methoxy groups -OCH3 is 1. The van der Waals surface area contributed by atoms with Gasteiger partial charge in [0.25, 0.3) is 0 Å². The molecule has 1 aromatic carbocycles. The van der Waals surface area contributed by atoms with E-state index in [0.717, 1.165) is 10.9 Å². The van der Waals surface area contributed by atoms with E-state index in [0.29, 0.717) is 10.7 Å². The number of nitrogens with zero attached hydrogens (tertiary/aromatic N) is 2. The Labute approximate surface area is 132 Å². The monoisotopic (exact) mass is 324 g/mol. The average molecular weight is 325 g/mol. The second-order valence-electron chi connectivity index (χ2n) is 4.78. The first-order valence-corrected chi connectivity index (χ1v) is 7.04. The molecule has 0 aliphatic rings. The summed E-state index contributed by atoms with van der Waals surface area (Å²) in [4.78, 5) is 23.0. The zero-order valence-corrected chi connectivity index (χ0v) is 13.3. The molecule has 0 aliphatic carbocycles. The van der Waals surface area contributed by atoms with Gasteiger partial charge in [0.15, 0.2) is 0 Å². The zero-order chi connectivity index (χ0) is 16.3. The fraction of sp³-hybridized carbons (Fsp3) is 0.357. The second kappa shape index (κ2) is 6.65. The van der Waals surface area contributed by atoms with Crippen LogP contribution in [0.4, 0.5) is 4.79 Å². The first kappa shape index (κ1) is 16.1. The topological polar surface area (TPSA) is 85.2 Å². The van der Waals surface area contributed by atoms with Crippen LogP contribution in [0.25, 0.3) is 10.9 Å². The minimum Gasteiger partial charge on any atom is -0.453 e. The Morgan fingerprint density at radius 2 is 2.18 bits per heavy atom. The van der Waals surface area contributed by atoms with Crippen LogP contribution in [0.5, 0.6) is 0 Å². The molecule has 0 fully saturated rings. The Morgan fingerprint density at radius 3 is 2.86 bits per heavy atom. The van der Waals surface area contributed by atoms with Crippen molar-refractivity contribution in [3.05, 3.63) is 28.9 Å². The summed E-state index contributed by atoms with van der Waals surface area (Å²) in [6.45, 7) is 1.78. The maximum Gasteiger partial charge on any atom is 0.407 e. The molecule has 2 amide bonds. The standard InChI is InChI=1S/C14H17ClN4O3/c1-8(17-14(21)22-3)13(20)16-7-10-12-9(15)5-4-6-11(12)19(2)18-10/h4-6,8H,7H2,1-3H3,(H,16,20)(H,17,21)/t8-/m1/s1. The maximum absolute atomic E-state index is 11.9. The number of hydrogen-bond donors (Lipinski definition) is 2. The number of nitrogens with one attached hydrogen (secondary N) is 2. The van der Waals surface area contributed by atoms with Gasteiger partial charge in [-0.1, -0.05) is 17.7 Å². The van der Waals surface area contributed by atoms with E-state index in [9.17, 15) is 9.59 Å². The number of carbonyl (C=O) groups excluding carboxylic acids is 2.